The van der Waals surface area contributed by atoms with Crippen molar-refractivity contribution in [3.05, 3.63) is 0 Å². The molecule has 14 heavy (non-hydrogen) atoms. The molecule has 0 radical (unpaired) electrons. The fourth-order valence-electron chi connectivity index (χ4n) is 1.30. The van der Waals surface area contributed by atoms with Crippen molar-refractivity contribution in [3.8, 4) is 0 Å². The van der Waals surface area contributed by atoms with Crippen molar-refractivity contribution < 1.29 is 14.3 Å². The molecule has 0 aromatic carbocycles. The van der Waals surface area contributed by atoms with E-state index in [1.165, 1.54) is 0 Å². The van der Waals surface area contributed by atoms with E-state index in [4.69, 9.17) is 15.2 Å². The van der Waals surface area contributed by atoms with Crippen LogP contribution in [0.2, 0.25) is 0 Å². The maximum Gasteiger partial charge on any atom is 0.227 e. The quantitative estimate of drug-likeness (QED) is 0.620. The highest BCUT2D eigenvalue weighted by molar-refractivity contribution is 5.79. The van der Waals surface area contributed by atoms with Crippen molar-refractivity contribution in [1.29, 1.82) is 0 Å². The monoisotopic (exact) mass is 202 g/mol. The number of carbonyl (C=O) groups excluding carboxylic acids is 1. The summed E-state index contributed by atoms with van der Waals surface area (Å²) < 4.78 is 10.1. The molecule has 82 valence electrons. The van der Waals surface area contributed by atoms with Crippen LogP contribution in [0.3, 0.4) is 0 Å². The van der Waals surface area contributed by atoms with Crippen molar-refractivity contribution in [2.24, 2.45) is 11.7 Å². The zero-order chi connectivity index (χ0) is 10.6. The molecule has 0 spiro atoms. The van der Waals surface area contributed by atoms with Crippen molar-refractivity contribution in [1.82, 2.24) is 5.32 Å². The average Bonchev–Trinajstić information content (AvgIpc) is 2.60. The lowest BCUT2D eigenvalue weighted by molar-refractivity contribution is -0.125. The van der Waals surface area contributed by atoms with Crippen LogP contribution in [0.25, 0.3) is 0 Å². The maximum absolute atomic E-state index is 11.5. The molecule has 0 aromatic heterocycles. The van der Waals surface area contributed by atoms with E-state index in [0.717, 1.165) is 0 Å². The Morgan fingerprint density at radius 1 is 1.71 bits per heavy atom. The van der Waals surface area contributed by atoms with Gasteiger partial charge in [0.1, 0.15) is 0 Å². The lowest BCUT2D eigenvalue weighted by Crippen LogP contribution is -2.43. The van der Waals surface area contributed by atoms with Gasteiger partial charge in [0.25, 0.3) is 0 Å². The molecular formula is C9H18N2O3. The Bertz CT molecular complexity index is 198. The van der Waals surface area contributed by atoms with E-state index >= 15 is 0 Å². The molecule has 0 bridgehead atoms. The normalized spacial score (nSPS) is 28.8. The van der Waals surface area contributed by atoms with Gasteiger partial charge in [-0.25, -0.2) is 0 Å². The highest BCUT2D eigenvalue weighted by atomic mass is 16.5. The minimum absolute atomic E-state index is 0.0255. The molecule has 1 aliphatic rings. The van der Waals surface area contributed by atoms with Crippen LogP contribution in [0.15, 0.2) is 0 Å². The van der Waals surface area contributed by atoms with Gasteiger partial charge in [-0.3, -0.25) is 4.79 Å². The number of amides is 1. The smallest absolute Gasteiger partial charge is 0.227 e. The molecule has 1 heterocycles. The summed E-state index contributed by atoms with van der Waals surface area (Å²) >= 11 is 0. The summed E-state index contributed by atoms with van der Waals surface area (Å²) in [4.78, 5) is 11.5. The molecule has 0 aromatic rings. The summed E-state index contributed by atoms with van der Waals surface area (Å²) in [5.74, 6) is -0.252. The highest BCUT2D eigenvalue weighted by Gasteiger charge is 2.31. The van der Waals surface area contributed by atoms with E-state index in [0.29, 0.717) is 19.8 Å². The van der Waals surface area contributed by atoms with E-state index in [-0.39, 0.29) is 24.0 Å². The molecule has 1 rings (SSSR count). The fourth-order valence-corrected chi connectivity index (χ4v) is 1.30. The van der Waals surface area contributed by atoms with Gasteiger partial charge in [-0.15, -0.1) is 0 Å². The molecule has 1 fully saturated rings. The first-order valence-corrected chi connectivity index (χ1v) is 4.79. The van der Waals surface area contributed by atoms with E-state index in [1.807, 2.05) is 6.92 Å². The number of rotatable bonds is 4. The van der Waals surface area contributed by atoms with Gasteiger partial charge in [-0.1, -0.05) is 0 Å². The van der Waals surface area contributed by atoms with Crippen LogP contribution in [0.5, 0.6) is 0 Å². The van der Waals surface area contributed by atoms with Crippen molar-refractivity contribution in [2.75, 3.05) is 26.9 Å². The second-order valence-corrected chi connectivity index (χ2v) is 3.60. The largest absolute Gasteiger partial charge is 0.380 e. The zero-order valence-corrected chi connectivity index (χ0v) is 8.66. The second-order valence-electron chi connectivity index (χ2n) is 3.60. The van der Waals surface area contributed by atoms with Gasteiger partial charge in [-0.05, 0) is 6.92 Å². The summed E-state index contributed by atoms with van der Waals surface area (Å²) in [6, 6.07) is -0.173. The summed E-state index contributed by atoms with van der Waals surface area (Å²) in [5.41, 5.74) is 5.70. The van der Waals surface area contributed by atoms with Crippen molar-refractivity contribution >= 4 is 5.91 Å². The van der Waals surface area contributed by atoms with Gasteiger partial charge in [0.05, 0.1) is 25.2 Å². The highest BCUT2D eigenvalue weighted by Crippen LogP contribution is 2.11. The molecule has 3 atom stereocenters. The van der Waals surface area contributed by atoms with Gasteiger partial charge >= 0.3 is 0 Å². The summed E-state index contributed by atoms with van der Waals surface area (Å²) in [5, 5.41) is 2.78. The Labute approximate surface area is 83.9 Å². The predicted molar refractivity (Wildman–Crippen MR) is 51.8 cm³/mol. The van der Waals surface area contributed by atoms with E-state index in [1.54, 1.807) is 7.11 Å². The molecule has 3 unspecified atom stereocenters. The van der Waals surface area contributed by atoms with Crippen LogP contribution >= 0.6 is 0 Å². The van der Waals surface area contributed by atoms with E-state index < -0.39 is 0 Å². The lowest BCUT2D eigenvalue weighted by Gasteiger charge is -2.15. The Balaban J connectivity index is 2.27. The lowest BCUT2D eigenvalue weighted by atomic mass is 10.0. The van der Waals surface area contributed by atoms with Crippen LogP contribution in [0.4, 0.5) is 0 Å². The number of hydrogen-bond donors (Lipinski definition) is 2. The maximum atomic E-state index is 11.5. The summed E-state index contributed by atoms with van der Waals surface area (Å²) in [7, 11) is 1.61. The standard InChI is InChI=1S/C9H18N2O3/c1-6(13-2)3-11-9(12)7-4-14-5-8(7)10/h6-8H,3-5,10H2,1-2H3,(H,11,12). The predicted octanol–water partition coefficient (Wildman–Crippen LogP) is -0.889. The minimum atomic E-state index is -0.209. The first-order chi connectivity index (χ1) is 6.65. The number of ether oxygens (including phenoxy) is 2. The molecule has 5 nitrogen and oxygen atoms in total. The number of nitrogens with two attached hydrogens (primary N) is 1. The molecule has 1 amide bonds. The molecule has 3 N–H and O–H groups in total. The Morgan fingerprint density at radius 2 is 2.43 bits per heavy atom. The van der Waals surface area contributed by atoms with Crippen LogP contribution in [0, 0.1) is 5.92 Å². The third kappa shape index (κ3) is 2.94. The topological polar surface area (TPSA) is 73.6 Å². The van der Waals surface area contributed by atoms with Gasteiger partial charge in [0, 0.05) is 19.7 Å². The van der Waals surface area contributed by atoms with Gasteiger partial charge in [-0.2, -0.15) is 0 Å². The summed E-state index contributed by atoms with van der Waals surface area (Å²) in [6.45, 7) is 3.30. The average molecular weight is 202 g/mol. The van der Waals surface area contributed by atoms with Gasteiger partial charge < -0.3 is 20.5 Å². The first-order valence-electron chi connectivity index (χ1n) is 4.79. The fraction of sp³-hybridized carbons (Fsp3) is 0.889. The summed E-state index contributed by atoms with van der Waals surface area (Å²) in [6.07, 6.45) is 0.0255. The Morgan fingerprint density at radius 3 is 2.93 bits per heavy atom. The molecule has 0 saturated carbocycles. The number of hydrogen-bond acceptors (Lipinski definition) is 4. The van der Waals surface area contributed by atoms with Crippen LogP contribution in [-0.2, 0) is 14.3 Å². The van der Waals surface area contributed by atoms with Crippen molar-refractivity contribution in [3.63, 3.8) is 0 Å². The Hall–Kier alpha value is -0.650. The molecule has 1 saturated heterocycles. The van der Waals surface area contributed by atoms with Gasteiger partial charge in [0.2, 0.25) is 5.91 Å². The van der Waals surface area contributed by atoms with Crippen LogP contribution in [-0.4, -0.2) is 44.9 Å². The van der Waals surface area contributed by atoms with Gasteiger partial charge in [0.15, 0.2) is 0 Å². The second kappa shape index (κ2) is 5.29. The van der Waals surface area contributed by atoms with Crippen LogP contribution in [0.1, 0.15) is 6.92 Å². The number of nitrogens with one attached hydrogen (secondary N) is 1. The Kier molecular flexibility index (Phi) is 4.31. The first kappa shape index (κ1) is 11.4. The molecule has 5 heteroatoms. The molecular weight excluding hydrogens is 184 g/mol. The zero-order valence-electron chi connectivity index (χ0n) is 8.66. The third-order valence-electron chi connectivity index (χ3n) is 2.43. The van der Waals surface area contributed by atoms with E-state index in [2.05, 4.69) is 5.32 Å². The molecule has 1 aliphatic heterocycles. The number of carbonyl (C=O) groups is 1. The molecule has 0 aliphatic carbocycles. The number of methoxy groups -OCH3 is 1. The van der Waals surface area contributed by atoms with Crippen molar-refractivity contribution in [2.45, 2.75) is 19.1 Å². The minimum Gasteiger partial charge on any atom is -0.380 e. The third-order valence-corrected chi connectivity index (χ3v) is 2.43. The van der Waals surface area contributed by atoms with Crippen LogP contribution < -0.4 is 11.1 Å². The van der Waals surface area contributed by atoms with E-state index in [9.17, 15) is 4.79 Å². The SMILES string of the molecule is COC(C)CNC(=O)C1COCC1N.